The molecule has 0 bridgehead atoms. The lowest BCUT2D eigenvalue weighted by atomic mass is 10.1. The van der Waals surface area contributed by atoms with Crippen LogP contribution in [0.2, 0.25) is 0 Å². The molecule has 2 aromatic rings. The number of nitrogens with zero attached hydrogens (tertiary/aromatic N) is 3. The zero-order valence-corrected chi connectivity index (χ0v) is 13.3. The Kier molecular flexibility index (Phi) is 5.40. The number of anilines is 1. The van der Waals surface area contributed by atoms with Crippen LogP contribution in [0.25, 0.3) is 0 Å². The van der Waals surface area contributed by atoms with Gasteiger partial charge in [-0.1, -0.05) is 30.3 Å². The van der Waals surface area contributed by atoms with Crippen molar-refractivity contribution in [1.82, 2.24) is 0 Å². The van der Waals surface area contributed by atoms with E-state index < -0.39 is 17.5 Å². The van der Waals surface area contributed by atoms with E-state index in [1.807, 2.05) is 6.07 Å². The molecule has 1 aromatic carbocycles. The molecule has 2 rings (SSSR count). The number of nitriles is 2. The van der Waals surface area contributed by atoms with Crippen LogP contribution in [0.1, 0.15) is 25.6 Å². The second kappa shape index (κ2) is 7.68. The van der Waals surface area contributed by atoms with Crippen molar-refractivity contribution >= 4 is 34.5 Å². The molecule has 7 nitrogen and oxygen atoms in total. The third-order valence-electron chi connectivity index (χ3n) is 2.92. The number of nitrogens with one attached hydrogen (secondary N) is 1. The summed E-state index contributed by atoms with van der Waals surface area (Å²) in [6.45, 7) is 0. The van der Waals surface area contributed by atoms with Gasteiger partial charge in [0, 0.05) is 10.9 Å². The number of hydrogen-bond donors (Lipinski definition) is 1. The highest BCUT2D eigenvalue weighted by Crippen LogP contribution is 2.28. The molecule has 0 saturated carbocycles. The van der Waals surface area contributed by atoms with Gasteiger partial charge in [-0.3, -0.25) is 10.2 Å². The number of carbonyl (C=O) groups is 2. The van der Waals surface area contributed by atoms with E-state index in [0.717, 1.165) is 11.3 Å². The van der Waals surface area contributed by atoms with Gasteiger partial charge in [0.15, 0.2) is 0 Å². The van der Waals surface area contributed by atoms with E-state index in [2.05, 4.69) is 15.3 Å². The van der Waals surface area contributed by atoms with Gasteiger partial charge in [0.05, 0.1) is 18.4 Å². The summed E-state index contributed by atoms with van der Waals surface area (Å²) in [5.74, 6) is -1.22. The molecule has 0 aliphatic rings. The average molecular weight is 338 g/mol. The van der Waals surface area contributed by atoms with Crippen molar-refractivity contribution in [2.75, 3.05) is 12.5 Å². The maximum absolute atomic E-state index is 12.2. The summed E-state index contributed by atoms with van der Waals surface area (Å²) in [6.07, 6.45) is 0. The maximum Gasteiger partial charge on any atom is 0.350 e. The van der Waals surface area contributed by atoms with E-state index in [-0.39, 0.29) is 16.1 Å². The summed E-state index contributed by atoms with van der Waals surface area (Å²) in [5.41, 5.74) is 2.63. The summed E-state index contributed by atoms with van der Waals surface area (Å²) in [6, 6.07) is 11.8. The van der Waals surface area contributed by atoms with E-state index in [1.165, 1.54) is 12.5 Å². The topological polar surface area (TPSA) is 115 Å². The molecular weight excluding hydrogens is 328 g/mol. The van der Waals surface area contributed by atoms with E-state index in [0.29, 0.717) is 5.56 Å². The minimum Gasteiger partial charge on any atom is -0.465 e. The molecule has 0 spiro atoms. The van der Waals surface area contributed by atoms with Gasteiger partial charge in [0.1, 0.15) is 17.0 Å². The van der Waals surface area contributed by atoms with Gasteiger partial charge >= 0.3 is 5.97 Å². The Labute approximate surface area is 141 Å². The number of carbonyl (C=O) groups excluding carboxylic acids is 2. The molecule has 0 unspecified atom stereocenters. The summed E-state index contributed by atoms with van der Waals surface area (Å²) in [5, 5.41) is 23.4. The molecule has 1 heterocycles. The highest BCUT2D eigenvalue weighted by Gasteiger charge is 2.20. The Morgan fingerprint density at radius 3 is 2.54 bits per heavy atom. The molecule has 0 atom stereocenters. The van der Waals surface area contributed by atoms with Gasteiger partial charge in [-0.25, -0.2) is 4.79 Å². The molecule has 8 heteroatoms. The average Bonchev–Trinajstić information content (AvgIpc) is 3.05. The first-order valence-electron chi connectivity index (χ1n) is 6.55. The molecule has 0 fully saturated rings. The maximum atomic E-state index is 12.2. The van der Waals surface area contributed by atoms with Crippen molar-refractivity contribution in [2.24, 2.45) is 5.10 Å². The monoisotopic (exact) mass is 338 g/mol. The summed E-state index contributed by atoms with van der Waals surface area (Å²) >= 11 is 1.00. The van der Waals surface area contributed by atoms with Gasteiger partial charge in [-0.2, -0.15) is 15.6 Å². The number of hydrogen-bond acceptors (Lipinski definition) is 8. The fourth-order valence-corrected chi connectivity index (χ4v) is 2.62. The smallest absolute Gasteiger partial charge is 0.350 e. The fourth-order valence-electron chi connectivity index (χ4n) is 1.76. The fraction of sp³-hybridized carbons (Fsp3) is 0.0625. The second-order valence-electron chi connectivity index (χ2n) is 4.34. The quantitative estimate of drug-likeness (QED) is 0.388. The number of methoxy groups -OCH3 is 1. The van der Waals surface area contributed by atoms with Crippen molar-refractivity contribution in [3.8, 4) is 12.1 Å². The predicted molar refractivity (Wildman–Crippen MR) is 87.8 cm³/mol. The van der Waals surface area contributed by atoms with Crippen molar-refractivity contribution in [2.45, 2.75) is 0 Å². The highest BCUT2D eigenvalue weighted by molar-refractivity contribution is 7.12. The van der Waals surface area contributed by atoms with Crippen LogP contribution in [0.3, 0.4) is 0 Å². The zero-order chi connectivity index (χ0) is 17.5. The van der Waals surface area contributed by atoms with Gasteiger partial charge < -0.3 is 4.74 Å². The van der Waals surface area contributed by atoms with E-state index >= 15 is 0 Å². The lowest BCUT2D eigenvalue weighted by molar-refractivity contribution is 0.0607. The first-order valence-corrected chi connectivity index (χ1v) is 7.43. The van der Waals surface area contributed by atoms with Crippen molar-refractivity contribution in [1.29, 1.82) is 10.5 Å². The van der Waals surface area contributed by atoms with Crippen LogP contribution >= 0.6 is 11.3 Å². The van der Waals surface area contributed by atoms with Crippen LogP contribution in [0.15, 0.2) is 40.8 Å². The third kappa shape index (κ3) is 3.46. The van der Waals surface area contributed by atoms with Gasteiger partial charge in [-0.15, -0.1) is 11.3 Å². The summed E-state index contributed by atoms with van der Waals surface area (Å²) in [7, 11) is 1.21. The second-order valence-corrected chi connectivity index (χ2v) is 5.22. The Bertz CT molecular complexity index is 888. The van der Waals surface area contributed by atoms with Crippen LogP contribution in [-0.4, -0.2) is 24.6 Å². The van der Waals surface area contributed by atoms with Crippen LogP contribution in [0.4, 0.5) is 5.69 Å². The zero-order valence-electron chi connectivity index (χ0n) is 12.4. The first-order chi connectivity index (χ1) is 11.6. The molecule has 1 N–H and O–H groups in total. The number of benzene rings is 1. The molecule has 0 aliphatic carbocycles. The molecule has 0 radical (unpaired) electrons. The lowest BCUT2D eigenvalue weighted by Crippen LogP contribution is -2.14. The third-order valence-corrected chi connectivity index (χ3v) is 3.88. The summed E-state index contributed by atoms with van der Waals surface area (Å²) in [4.78, 5) is 24.0. The molecule has 1 aromatic heterocycles. The first kappa shape index (κ1) is 16.9. The van der Waals surface area contributed by atoms with Crippen molar-refractivity contribution in [3.05, 3.63) is 51.7 Å². The normalized spacial score (nSPS) is 10.4. The number of hydrazone groups is 1. The van der Waals surface area contributed by atoms with Gasteiger partial charge in [-0.05, 0) is 0 Å². The molecular formula is C16H10N4O3S. The number of thiophene rings is 1. The highest BCUT2D eigenvalue weighted by atomic mass is 32.1. The standard InChI is InChI=1S/C16H10N4O3S/c1-23-16(22)15-13(11(7-17)9-24-15)20-19-12(8-18)14(21)10-5-3-2-4-6-10/h2-6,9,20H,1H3/b19-12+. The number of ether oxygens (including phenoxy) is 1. The largest absolute Gasteiger partial charge is 0.465 e. The number of esters is 1. The van der Waals surface area contributed by atoms with Crippen LogP contribution in [0, 0.1) is 22.7 Å². The van der Waals surface area contributed by atoms with Gasteiger partial charge in [0.2, 0.25) is 11.5 Å². The van der Waals surface area contributed by atoms with Crippen molar-refractivity contribution in [3.63, 3.8) is 0 Å². The van der Waals surface area contributed by atoms with E-state index in [9.17, 15) is 9.59 Å². The number of ketones is 1. The van der Waals surface area contributed by atoms with Crippen molar-refractivity contribution < 1.29 is 14.3 Å². The molecule has 118 valence electrons. The van der Waals surface area contributed by atoms with E-state index in [1.54, 1.807) is 36.4 Å². The molecule has 24 heavy (non-hydrogen) atoms. The Hall–Kier alpha value is -3.49. The van der Waals surface area contributed by atoms with Gasteiger partial charge in [0.25, 0.3) is 0 Å². The van der Waals surface area contributed by atoms with Crippen LogP contribution < -0.4 is 5.43 Å². The lowest BCUT2D eigenvalue weighted by Gasteiger charge is -2.03. The Morgan fingerprint density at radius 2 is 1.96 bits per heavy atom. The molecule has 0 amide bonds. The van der Waals surface area contributed by atoms with Crippen LogP contribution in [0.5, 0.6) is 0 Å². The van der Waals surface area contributed by atoms with E-state index in [4.69, 9.17) is 10.5 Å². The number of rotatable bonds is 5. The number of Topliss-reactive ketones (excluding diaryl/α,β-unsaturated/α-hetero) is 1. The molecule has 0 saturated heterocycles. The van der Waals surface area contributed by atoms with Crippen LogP contribution in [-0.2, 0) is 4.74 Å². The Morgan fingerprint density at radius 1 is 1.25 bits per heavy atom. The minimum absolute atomic E-state index is 0.1000. The predicted octanol–water partition coefficient (Wildman–Crippen LogP) is 2.58. The Balaban J connectivity index is 2.34. The SMILES string of the molecule is COC(=O)c1scc(C#N)c1N/N=C(\C#N)C(=O)c1ccccc1. The summed E-state index contributed by atoms with van der Waals surface area (Å²) < 4.78 is 4.63. The molecule has 0 aliphatic heterocycles. The minimum atomic E-state index is -0.646.